The molecule has 27 heavy (non-hydrogen) atoms. The molecule has 0 aliphatic carbocycles. The molecule has 0 spiro atoms. The smallest absolute Gasteiger partial charge is 0.364 e. The van der Waals surface area contributed by atoms with E-state index in [2.05, 4.69) is 15.2 Å². The molecule has 7 heteroatoms. The molecule has 0 amide bonds. The summed E-state index contributed by atoms with van der Waals surface area (Å²) in [6.45, 7) is 2.34. The molecule has 0 aliphatic rings. The Labute approximate surface area is 155 Å². The van der Waals surface area contributed by atoms with Crippen LogP contribution in [0.4, 0.5) is 0 Å². The van der Waals surface area contributed by atoms with Crippen molar-refractivity contribution >= 4 is 0 Å². The lowest BCUT2D eigenvalue weighted by atomic mass is 10.1. The summed E-state index contributed by atoms with van der Waals surface area (Å²) in [6.07, 6.45) is 3.45. The molecule has 0 bridgehead atoms. The van der Waals surface area contributed by atoms with Crippen molar-refractivity contribution in [3.8, 4) is 22.8 Å². The first-order chi connectivity index (χ1) is 13.1. The summed E-state index contributed by atoms with van der Waals surface area (Å²) in [7, 11) is 1.68. The molecule has 2 aromatic carbocycles. The van der Waals surface area contributed by atoms with Crippen molar-refractivity contribution in [3.05, 3.63) is 82.5 Å². The van der Waals surface area contributed by atoms with Gasteiger partial charge in [-0.1, -0.05) is 18.2 Å². The Kier molecular flexibility index (Phi) is 4.33. The standard InChI is InChI=1S/C20H19N5O2/c1-14-12-15(19-21-10-5-11-22-19)8-9-18(14)27-13-16-6-3-4-7-17(16)25-20(26)24(2)23-25/h3-12,23H,13H2,1-2H3. The molecule has 136 valence electrons. The minimum Gasteiger partial charge on any atom is -0.489 e. The monoisotopic (exact) mass is 361 g/mol. The lowest BCUT2D eigenvalue weighted by Gasteiger charge is -2.17. The van der Waals surface area contributed by atoms with E-state index in [0.717, 1.165) is 28.1 Å². The first-order valence-electron chi connectivity index (χ1n) is 8.56. The summed E-state index contributed by atoms with van der Waals surface area (Å²) in [4.78, 5) is 20.5. The fourth-order valence-corrected chi connectivity index (χ4v) is 2.90. The van der Waals surface area contributed by atoms with Crippen molar-refractivity contribution in [1.29, 1.82) is 0 Å². The van der Waals surface area contributed by atoms with E-state index in [4.69, 9.17) is 4.74 Å². The van der Waals surface area contributed by atoms with Crippen molar-refractivity contribution in [3.63, 3.8) is 0 Å². The van der Waals surface area contributed by atoms with Gasteiger partial charge in [-0.25, -0.2) is 24.7 Å². The largest absolute Gasteiger partial charge is 0.489 e. The van der Waals surface area contributed by atoms with E-state index in [1.807, 2.05) is 49.4 Å². The lowest BCUT2D eigenvalue weighted by Crippen LogP contribution is -2.40. The molecular weight excluding hydrogens is 342 g/mol. The van der Waals surface area contributed by atoms with Crippen LogP contribution in [0.2, 0.25) is 0 Å². The third-order valence-corrected chi connectivity index (χ3v) is 4.34. The van der Waals surface area contributed by atoms with E-state index in [1.54, 1.807) is 25.5 Å². The summed E-state index contributed by atoms with van der Waals surface area (Å²) in [5, 5.41) is 2.93. The Hall–Kier alpha value is -3.61. The van der Waals surface area contributed by atoms with Crippen LogP contribution in [-0.2, 0) is 13.7 Å². The number of para-hydroxylation sites is 1. The normalized spacial score (nSPS) is 10.9. The molecule has 0 saturated heterocycles. The third-order valence-electron chi connectivity index (χ3n) is 4.34. The van der Waals surface area contributed by atoms with E-state index in [-0.39, 0.29) is 5.69 Å². The van der Waals surface area contributed by atoms with E-state index < -0.39 is 0 Å². The molecular formula is C20H19N5O2. The van der Waals surface area contributed by atoms with Gasteiger partial charge in [0.15, 0.2) is 5.82 Å². The van der Waals surface area contributed by atoms with Crippen LogP contribution in [0, 0.1) is 6.92 Å². The number of hydrogen-bond donors (Lipinski definition) is 1. The van der Waals surface area contributed by atoms with E-state index in [9.17, 15) is 4.79 Å². The van der Waals surface area contributed by atoms with Crippen LogP contribution in [0.15, 0.2) is 65.7 Å². The molecule has 4 rings (SSSR count). The highest BCUT2D eigenvalue weighted by atomic mass is 16.5. The molecule has 1 N–H and O–H groups in total. The van der Waals surface area contributed by atoms with Crippen LogP contribution in [0.1, 0.15) is 11.1 Å². The molecule has 2 aromatic heterocycles. The predicted octanol–water partition coefficient (Wildman–Crippen LogP) is 2.85. The fourth-order valence-electron chi connectivity index (χ4n) is 2.90. The summed E-state index contributed by atoms with van der Waals surface area (Å²) in [6, 6.07) is 15.3. The van der Waals surface area contributed by atoms with Crippen LogP contribution >= 0.6 is 0 Å². The number of H-pyrrole nitrogens is 1. The van der Waals surface area contributed by atoms with Gasteiger partial charge in [-0.2, -0.15) is 4.68 Å². The highest BCUT2D eigenvalue weighted by Gasteiger charge is 2.12. The summed E-state index contributed by atoms with van der Waals surface area (Å²) >= 11 is 0. The molecule has 0 atom stereocenters. The maximum Gasteiger partial charge on any atom is 0.364 e. The Morgan fingerprint density at radius 3 is 2.56 bits per heavy atom. The zero-order valence-corrected chi connectivity index (χ0v) is 15.1. The average Bonchev–Trinajstić information content (AvgIpc) is 2.72. The molecule has 0 saturated carbocycles. The van der Waals surface area contributed by atoms with Crippen molar-refractivity contribution < 1.29 is 4.74 Å². The second-order valence-electron chi connectivity index (χ2n) is 6.25. The van der Waals surface area contributed by atoms with Crippen molar-refractivity contribution in [2.24, 2.45) is 7.05 Å². The number of aryl methyl sites for hydroxylation is 2. The highest BCUT2D eigenvalue weighted by Crippen LogP contribution is 2.25. The summed E-state index contributed by atoms with van der Waals surface area (Å²) in [5.74, 6) is 1.47. The first-order valence-corrected chi connectivity index (χ1v) is 8.56. The van der Waals surface area contributed by atoms with E-state index in [0.29, 0.717) is 12.4 Å². The van der Waals surface area contributed by atoms with Gasteiger partial charge in [0.25, 0.3) is 0 Å². The summed E-state index contributed by atoms with van der Waals surface area (Å²) in [5.41, 5.74) is 3.54. The third kappa shape index (κ3) is 3.27. The molecule has 0 fully saturated rings. The molecule has 0 unspecified atom stereocenters. The summed E-state index contributed by atoms with van der Waals surface area (Å²) < 4.78 is 8.94. The van der Waals surface area contributed by atoms with Crippen LogP contribution in [0.3, 0.4) is 0 Å². The first kappa shape index (κ1) is 16.8. The molecule has 2 heterocycles. The molecule has 0 aliphatic heterocycles. The number of nitrogens with zero attached hydrogens (tertiary/aromatic N) is 4. The number of rotatable bonds is 5. The Bertz CT molecular complexity index is 1120. The minimum atomic E-state index is -0.106. The van der Waals surface area contributed by atoms with Crippen LogP contribution in [0.25, 0.3) is 17.1 Å². The number of hydrogen-bond acceptors (Lipinski definition) is 4. The zero-order valence-electron chi connectivity index (χ0n) is 15.1. The van der Waals surface area contributed by atoms with Gasteiger partial charge in [0.05, 0.1) is 5.69 Å². The lowest BCUT2D eigenvalue weighted by molar-refractivity contribution is 0.302. The van der Waals surface area contributed by atoms with E-state index >= 15 is 0 Å². The predicted molar refractivity (Wildman–Crippen MR) is 102 cm³/mol. The minimum absolute atomic E-state index is 0.106. The van der Waals surface area contributed by atoms with Crippen molar-refractivity contribution in [1.82, 2.24) is 24.5 Å². The van der Waals surface area contributed by atoms with Gasteiger partial charge in [-0.3, -0.25) is 0 Å². The van der Waals surface area contributed by atoms with Gasteiger partial charge in [0, 0.05) is 30.6 Å². The second-order valence-corrected chi connectivity index (χ2v) is 6.25. The molecule has 7 nitrogen and oxygen atoms in total. The Morgan fingerprint density at radius 1 is 1.07 bits per heavy atom. The average molecular weight is 361 g/mol. The van der Waals surface area contributed by atoms with Gasteiger partial charge >= 0.3 is 5.69 Å². The highest BCUT2D eigenvalue weighted by molar-refractivity contribution is 5.58. The topological polar surface area (TPSA) is 77.7 Å². The fraction of sp³-hybridized carbons (Fsp3) is 0.150. The maximum atomic E-state index is 12.0. The van der Waals surface area contributed by atoms with Crippen molar-refractivity contribution in [2.45, 2.75) is 13.5 Å². The number of ether oxygens (including phenoxy) is 1. The van der Waals surface area contributed by atoms with Gasteiger partial charge in [0.2, 0.25) is 0 Å². The number of nitrogens with one attached hydrogen (secondary N) is 1. The van der Waals surface area contributed by atoms with Gasteiger partial charge in [-0.05, 0) is 42.8 Å². The quantitative estimate of drug-likeness (QED) is 0.593. The molecule has 4 aromatic rings. The number of aromatic amines is 1. The van der Waals surface area contributed by atoms with Crippen LogP contribution in [-0.4, -0.2) is 24.5 Å². The Morgan fingerprint density at radius 2 is 1.85 bits per heavy atom. The van der Waals surface area contributed by atoms with Gasteiger partial charge in [0.1, 0.15) is 12.4 Å². The van der Waals surface area contributed by atoms with Crippen LogP contribution < -0.4 is 10.4 Å². The molecule has 0 radical (unpaired) electrons. The van der Waals surface area contributed by atoms with Gasteiger partial charge < -0.3 is 4.74 Å². The maximum absolute atomic E-state index is 12.0. The van der Waals surface area contributed by atoms with Crippen molar-refractivity contribution in [2.75, 3.05) is 0 Å². The van der Waals surface area contributed by atoms with Gasteiger partial charge in [-0.15, -0.1) is 0 Å². The SMILES string of the molecule is Cc1cc(-c2ncccn2)ccc1OCc1ccccc1-n1[nH]n(C)c1=O. The van der Waals surface area contributed by atoms with Crippen LogP contribution in [0.5, 0.6) is 5.75 Å². The zero-order chi connectivity index (χ0) is 18.8. The number of aromatic nitrogens is 5. The second kappa shape index (κ2) is 6.95. The van der Waals surface area contributed by atoms with E-state index in [1.165, 1.54) is 9.36 Å². The Balaban J connectivity index is 1.55. The number of benzene rings is 2.